The lowest BCUT2D eigenvalue weighted by molar-refractivity contribution is -0.640. The summed E-state index contributed by atoms with van der Waals surface area (Å²) in [5, 5.41) is 2.74. The Hall–Kier alpha value is -1.98. The number of hydrogen-bond acceptors (Lipinski definition) is 1. The normalized spacial score (nSPS) is 33.0. The number of carbonyl (C=O) groups is 1. The predicted octanol–water partition coefficient (Wildman–Crippen LogP) is 4.74. The number of rotatable bonds is 3. The van der Waals surface area contributed by atoms with Gasteiger partial charge in [-0.3, -0.25) is 4.79 Å². The fraction of sp³-hybridized carbons (Fsp3) is 0.600. The highest BCUT2D eigenvalue weighted by Gasteiger charge is 2.58. The van der Waals surface area contributed by atoms with E-state index in [4.69, 9.17) is 11.6 Å². The van der Waals surface area contributed by atoms with E-state index in [1.807, 2.05) is 12.1 Å². The van der Waals surface area contributed by atoms with Crippen LogP contribution in [0.1, 0.15) is 86.7 Å². The maximum atomic E-state index is 15.0. The first-order valence-electron chi connectivity index (χ1n) is 14.1. The van der Waals surface area contributed by atoms with Gasteiger partial charge in [-0.15, -0.1) is 0 Å². The minimum absolute atomic E-state index is 0.113. The number of quaternary nitrogens is 1. The average Bonchev–Trinajstić information content (AvgIpc) is 3.35. The van der Waals surface area contributed by atoms with Gasteiger partial charge in [0, 0.05) is 24.2 Å². The number of carbonyl (C=O) groups excluding carboxylic acids is 1. The van der Waals surface area contributed by atoms with Gasteiger partial charge in [-0.05, 0) is 73.6 Å². The number of likely N-dealkylation sites (tertiary alicyclic amines) is 1. The Bertz CT molecular complexity index is 1090. The van der Waals surface area contributed by atoms with Crippen LogP contribution in [0.2, 0.25) is 5.15 Å². The third-order valence-electron chi connectivity index (χ3n) is 9.90. The largest absolute Gasteiger partial charge is 0.345 e. The molecule has 192 valence electrons. The van der Waals surface area contributed by atoms with Crippen molar-refractivity contribution in [1.29, 1.82) is 0 Å². The highest BCUT2D eigenvalue weighted by Crippen LogP contribution is 2.48. The van der Waals surface area contributed by atoms with E-state index >= 15 is 0 Å². The molecule has 4 nitrogen and oxygen atoms in total. The van der Waals surface area contributed by atoms with E-state index in [-0.39, 0.29) is 11.3 Å². The summed E-state index contributed by atoms with van der Waals surface area (Å²) in [5.74, 6) is 1.31. The van der Waals surface area contributed by atoms with Crippen LogP contribution in [0.15, 0.2) is 42.5 Å². The van der Waals surface area contributed by atoms with E-state index in [0.717, 1.165) is 44.5 Å². The van der Waals surface area contributed by atoms with Gasteiger partial charge >= 0.3 is 0 Å². The van der Waals surface area contributed by atoms with Gasteiger partial charge in [0.05, 0.1) is 18.5 Å². The summed E-state index contributed by atoms with van der Waals surface area (Å²) < 4.78 is 15.0. The quantitative estimate of drug-likeness (QED) is 0.594. The van der Waals surface area contributed by atoms with Gasteiger partial charge in [0.1, 0.15) is 5.92 Å². The lowest BCUT2D eigenvalue weighted by atomic mass is 9.64. The van der Waals surface area contributed by atoms with Gasteiger partial charge in [0.2, 0.25) is 11.6 Å². The Morgan fingerprint density at radius 3 is 2.67 bits per heavy atom. The fourth-order valence-electron chi connectivity index (χ4n) is 8.08. The fourth-order valence-corrected chi connectivity index (χ4v) is 8.24. The topological polar surface area (TPSA) is 51.1 Å². The molecule has 4 aliphatic rings. The number of alkyl halides is 1. The number of nitrogens with two attached hydrogens (primary N) is 1. The lowest BCUT2D eigenvalue weighted by Crippen LogP contribution is -2.82. The molecule has 5 unspecified atom stereocenters. The number of hydrogen-bond donors (Lipinski definition) is 1. The Balaban J connectivity index is 1.31. The van der Waals surface area contributed by atoms with Crippen LogP contribution >= 0.6 is 11.6 Å². The van der Waals surface area contributed by atoms with Crippen LogP contribution in [0.25, 0.3) is 0 Å². The first kappa shape index (κ1) is 24.4. The summed E-state index contributed by atoms with van der Waals surface area (Å²) in [6.45, 7) is 2.46. The number of aromatic amines is 1. The number of piperidine rings is 1. The average molecular weight is 512 g/mol. The van der Waals surface area contributed by atoms with Crippen molar-refractivity contribution >= 4 is 17.5 Å². The minimum atomic E-state index is -1.04. The zero-order valence-electron chi connectivity index (χ0n) is 21.1. The van der Waals surface area contributed by atoms with E-state index in [2.05, 4.69) is 45.5 Å². The Kier molecular flexibility index (Phi) is 6.81. The van der Waals surface area contributed by atoms with Crippen molar-refractivity contribution in [2.24, 2.45) is 11.8 Å². The second kappa shape index (κ2) is 10.1. The molecule has 1 aromatic heterocycles. The molecule has 1 amide bonds. The van der Waals surface area contributed by atoms with Gasteiger partial charge in [0.15, 0.2) is 6.17 Å². The Morgan fingerprint density at radius 2 is 1.86 bits per heavy atom. The second-order valence-corrected chi connectivity index (χ2v) is 12.1. The first-order valence-corrected chi connectivity index (χ1v) is 14.5. The van der Waals surface area contributed by atoms with Crippen LogP contribution in [0.3, 0.4) is 0 Å². The maximum Gasteiger partial charge on any atom is 0.273 e. The van der Waals surface area contributed by atoms with Gasteiger partial charge < -0.3 is 10.2 Å². The number of H-pyrrole nitrogens is 1. The zero-order valence-corrected chi connectivity index (χ0v) is 21.9. The smallest absolute Gasteiger partial charge is 0.273 e. The van der Waals surface area contributed by atoms with E-state index in [1.54, 1.807) is 0 Å². The molecule has 5 atom stereocenters. The summed E-state index contributed by atoms with van der Waals surface area (Å²) in [6, 6.07) is 15.0. The van der Waals surface area contributed by atoms with Crippen LogP contribution in [-0.2, 0) is 10.2 Å². The second-order valence-electron chi connectivity index (χ2n) is 11.7. The zero-order chi connectivity index (χ0) is 24.7. The van der Waals surface area contributed by atoms with E-state index in [0.29, 0.717) is 41.1 Å². The van der Waals surface area contributed by atoms with E-state index < -0.39 is 6.17 Å². The predicted molar refractivity (Wildman–Crippen MR) is 138 cm³/mol. The number of nitrogens with one attached hydrogen (secondary N) is 1. The number of fused-ring (bicyclic) bond motifs is 2. The standard InChI is InChI=1S/C30H37ClFN3O/c31-27-12-11-23-28(34-27)25(32)13-15-30(23)19-33-18-24(30)29(36)35-16-14-22(20-7-3-1-4-8-20)17-26(35)21-9-5-2-6-10-21/h1,3-4,7-8,11-12,21-22,24-26,33H,2,5-6,9-10,13-19H2/p+2. The highest BCUT2D eigenvalue weighted by atomic mass is 35.5. The van der Waals surface area contributed by atoms with E-state index in [1.165, 1.54) is 37.7 Å². The molecular formula is C30H39ClFN3O+2. The van der Waals surface area contributed by atoms with Crippen molar-refractivity contribution in [2.75, 3.05) is 19.6 Å². The molecule has 3 N–H and O–H groups in total. The molecule has 2 aromatic rings. The third-order valence-corrected chi connectivity index (χ3v) is 10.1. The lowest BCUT2D eigenvalue weighted by Gasteiger charge is -2.47. The molecular weight excluding hydrogens is 473 g/mol. The number of halogens is 2. The number of aromatic nitrogens is 1. The molecule has 1 spiro atoms. The Morgan fingerprint density at radius 1 is 1.06 bits per heavy atom. The molecule has 6 heteroatoms. The SMILES string of the molecule is O=C(C1C[NH2+]CC12CCC(F)c1[nH+]c(Cl)ccc12)N1CCC(c2ccccc2)CC1C1CCCCC1. The molecule has 1 saturated carbocycles. The highest BCUT2D eigenvalue weighted by molar-refractivity contribution is 6.28. The van der Waals surface area contributed by atoms with Crippen molar-refractivity contribution in [1.82, 2.24) is 4.90 Å². The molecule has 3 heterocycles. The number of benzene rings is 1. The molecule has 0 radical (unpaired) electrons. The first-order chi connectivity index (χ1) is 17.6. The monoisotopic (exact) mass is 511 g/mol. The van der Waals surface area contributed by atoms with Crippen molar-refractivity contribution in [3.63, 3.8) is 0 Å². The number of pyridine rings is 1. The maximum absolute atomic E-state index is 15.0. The minimum Gasteiger partial charge on any atom is -0.345 e. The van der Waals surface area contributed by atoms with Gasteiger partial charge in [-0.25, -0.2) is 4.39 Å². The summed E-state index contributed by atoms with van der Waals surface area (Å²) in [4.78, 5) is 19.9. The third kappa shape index (κ3) is 4.26. The van der Waals surface area contributed by atoms with Crippen molar-refractivity contribution < 1.29 is 19.5 Å². The van der Waals surface area contributed by atoms with Crippen molar-refractivity contribution in [3.05, 3.63) is 64.4 Å². The summed E-state index contributed by atoms with van der Waals surface area (Å²) in [5.41, 5.74) is 2.67. The molecule has 3 fully saturated rings. The molecule has 1 aromatic carbocycles. The van der Waals surface area contributed by atoms with Gasteiger partial charge in [0.25, 0.3) is 5.15 Å². The molecule has 36 heavy (non-hydrogen) atoms. The van der Waals surface area contributed by atoms with Crippen LogP contribution in [-0.4, -0.2) is 36.5 Å². The number of nitrogens with zero attached hydrogens (tertiary/aromatic N) is 1. The Labute approximate surface area is 219 Å². The van der Waals surface area contributed by atoms with Crippen LogP contribution in [0.4, 0.5) is 4.39 Å². The summed E-state index contributed by atoms with van der Waals surface area (Å²) >= 11 is 6.22. The van der Waals surface area contributed by atoms with Gasteiger partial charge in [-0.1, -0.05) is 49.6 Å². The number of amides is 1. The van der Waals surface area contributed by atoms with Crippen molar-refractivity contribution in [2.45, 2.75) is 81.3 Å². The molecule has 6 rings (SSSR count). The van der Waals surface area contributed by atoms with Crippen molar-refractivity contribution in [3.8, 4) is 0 Å². The molecule has 2 aliphatic carbocycles. The molecule has 2 aliphatic heterocycles. The summed E-state index contributed by atoms with van der Waals surface area (Å²) in [7, 11) is 0. The van der Waals surface area contributed by atoms with E-state index in [9.17, 15) is 9.18 Å². The van der Waals surface area contributed by atoms with Crippen LogP contribution in [0.5, 0.6) is 0 Å². The van der Waals surface area contributed by atoms with Crippen LogP contribution in [0, 0.1) is 11.8 Å². The molecule has 0 bridgehead atoms. The van der Waals surface area contributed by atoms with Gasteiger partial charge in [-0.2, -0.15) is 4.98 Å². The molecule has 2 saturated heterocycles. The summed E-state index contributed by atoms with van der Waals surface area (Å²) in [6.07, 6.45) is 8.56. The van der Waals surface area contributed by atoms with Crippen LogP contribution < -0.4 is 10.3 Å².